The zero-order chi connectivity index (χ0) is 6.62. The van der Waals surface area contributed by atoms with E-state index in [9.17, 15) is 8.42 Å². The quantitative estimate of drug-likeness (QED) is 0.509. The Morgan fingerprint density at radius 3 is 2.25 bits per heavy atom. The molecule has 0 aromatic rings. The van der Waals surface area contributed by atoms with E-state index in [4.69, 9.17) is 0 Å². The summed E-state index contributed by atoms with van der Waals surface area (Å²) in [6.07, 6.45) is 1.25. The first-order valence-electron chi connectivity index (χ1n) is 1.93. The Bertz CT molecular complexity index is 170. The van der Waals surface area contributed by atoms with Crippen molar-refractivity contribution in [3.8, 4) is 0 Å². The molecule has 0 aliphatic heterocycles. The van der Waals surface area contributed by atoms with Crippen molar-refractivity contribution in [2.24, 2.45) is 5.14 Å². The third-order valence-electron chi connectivity index (χ3n) is 0.424. The van der Waals surface area contributed by atoms with Crippen molar-refractivity contribution in [3.63, 3.8) is 0 Å². The number of nitrogens with two attached hydrogens (primary N) is 1. The third kappa shape index (κ3) is 5.45. The molecule has 0 fully saturated rings. The van der Waals surface area contributed by atoms with Crippen molar-refractivity contribution in [1.29, 1.82) is 0 Å². The molecule has 0 unspecified atom stereocenters. The van der Waals surface area contributed by atoms with Crippen LogP contribution in [0.4, 0.5) is 0 Å². The van der Waals surface area contributed by atoms with Crippen molar-refractivity contribution < 1.29 is 8.42 Å². The average molecular weight is 136 g/mol. The smallest absolute Gasteiger partial charge is 0.232 e. The summed E-state index contributed by atoms with van der Waals surface area (Å²) in [7, 11) is -1.84. The molecule has 4 nitrogen and oxygen atoms in total. The Labute approximate surface area is 48.4 Å². The summed E-state index contributed by atoms with van der Waals surface area (Å²) < 4.78 is 20.1. The van der Waals surface area contributed by atoms with Gasteiger partial charge in [-0.3, -0.25) is 0 Å². The molecule has 0 atom stereocenters. The molecule has 0 spiro atoms. The van der Waals surface area contributed by atoms with Gasteiger partial charge in [0.2, 0.25) is 10.0 Å². The highest BCUT2D eigenvalue weighted by Gasteiger charge is 1.88. The summed E-state index contributed by atoms with van der Waals surface area (Å²) in [5, 5.41) is 7.93. The molecule has 3 N–H and O–H groups in total. The van der Waals surface area contributed by atoms with Crippen LogP contribution in [0.3, 0.4) is 0 Å². The predicted octanol–water partition coefficient (Wildman–Crippen LogP) is -1.03. The summed E-state index contributed by atoms with van der Waals surface area (Å²) in [6.45, 7) is 0. The topological polar surface area (TPSA) is 72.2 Å². The predicted molar refractivity (Wildman–Crippen MR) is 31.3 cm³/mol. The summed E-state index contributed by atoms with van der Waals surface area (Å²) in [5.41, 5.74) is 0. The van der Waals surface area contributed by atoms with Crippen LogP contribution in [0.2, 0.25) is 0 Å². The highest BCUT2D eigenvalue weighted by Crippen LogP contribution is 1.74. The molecule has 0 saturated carbocycles. The van der Waals surface area contributed by atoms with Crippen molar-refractivity contribution >= 4 is 10.0 Å². The molecular formula is C3H8N2O2S. The summed E-state index contributed by atoms with van der Waals surface area (Å²) in [5.74, 6) is 0. The fourth-order valence-electron chi connectivity index (χ4n) is 0.163. The minimum absolute atomic E-state index is 0.882. The van der Waals surface area contributed by atoms with Gasteiger partial charge in [0.15, 0.2) is 0 Å². The van der Waals surface area contributed by atoms with Crippen LogP contribution in [-0.4, -0.2) is 15.5 Å². The minimum atomic E-state index is -3.43. The van der Waals surface area contributed by atoms with E-state index in [1.165, 1.54) is 6.20 Å². The van der Waals surface area contributed by atoms with Crippen molar-refractivity contribution in [2.45, 2.75) is 0 Å². The highest BCUT2D eigenvalue weighted by molar-refractivity contribution is 7.92. The molecule has 8 heavy (non-hydrogen) atoms. The Balaban J connectivity index is 3.92. The minimum Gasteiger partial charge on any atom is -0.393 e. The van der Waals surface area contributed by atoms with Gasteiger partial charge in [-0.15, -0.1) is 0 Å². The lowest BCUT2D eigenvalue weighted by Gasteiger charge is -1.83. The second kappa shape index (κ2) is 2.68. The van der Waals surface area contributed by atoms with Gasteiger partial charge in [-0.2, -0.15) is 0 Å². The maximum absolute atomic E-state index is 10.0. The van der Waals surface area contributed by atoms with E-state index in [0.717, 1.165) is 5.41 Å². The lowest BCUT2D eigenvalue weighted by molar-refractivity contribution is 0.606. The number of sulfonamides is 1. The van der Waals surface area contributed by atoms with Crippen molar-refractivity contribution in [2.75, 3.05) is 7.05 Å². The SMILES string of the molecule is CN/C=C\S(N)(=O)=O. The molecule has 0 saturated heterocycles. The third-order valence-corrected chi connectivity index (χ3v) is 0.940. The lowest BCUT2D eigenvalue weighted by Crippen LogP contribution is -2.08. The Kier molecular flexibility index (Phi) is 2.50. The van der Waals surface area contributed by atoms with Gasteiger partial charge in [-0.05, 0) is 0 Å². The molecule has 48 valence electrons. The lowest BCUT2D eigenvalue weighted by atomic mass is 11.0. The van der Waals surface area contributed by atoms with Gasteiger partial charge in [0.25, 0.3) is 0 Å². The normalized spacial score (nSPS) is 12.2. The highest BCUT2D eigenvalue weighted by atomic mass is 32.2. The summed E-state index contributed by atoms with van der Waals surface area (Å²) in [6, 6.07) is 0. The molecular weight excluding hydrogens is 128 g/mol. The molecule has 0 aromatic heterocycles. The largest absolute Gasteiger partial charge is 0.393 e. The number of primary sulfonamides is 1. The number of rotatable bonds is 2. The van der Waals surface area contributed by atoms with Gasteiger partial charge in [0.05, 0.1) is 5.41 Å². The number of hydrogen-bond acceptors (Lipinski definition) is 3. The number of hydrogen-bond donors (Lipinski definition) is 2. The standard InChI is InChI=1S/C3H8N2O2S/c1-5-2-3-8(4,6)7/h2-3,5H,1H3,(H2,4,6,7)/b3-2-. The van der Waals surface area contributed by atoms with Crippen LogP contribution in [0.15, 0.2) is 11.6 Å². The van der Waals surface area contributed by atoms with Crippen LogP contribution in [0.1, 0.15) is 0 Å². The maximum Gasteiger partial charge on any atom is 0.232 e. The Morgan fingerprint density at radius 1 is 1.62 bits per heavy atom. The van der Waals surface area contributed by atoms with Gasteiger partial charge < -0.3 is 5.32 Å². The van der Waals surface area contributed by atoms with Gasteiger partial charge in [0, 0.05) is 13.2 Å². The molecule has 0 radical (unpaired) electrons. The van der Waals surface area contributed by atoms with E-state index in [2.05, 4.69) is 10.5 Å². The second-order valence-corrected chi connectivity index (χ2v) is 2.63. The van der Waals surface area contributed by atoms with E-state index >= 15 is 0 Å². The van der Waals surface area contributed by atoms with E-state index in [1.54, 1.807) is 7.05 Å². The zero-order valence-electron chi connectivity index (χ0n) is 4.46. The Morgan fingerprint density at radius 2 is 2.12 bits per heavy atom. The van der Waals surface area contributed by atoms with Crippen LogP contribution in [0.25, 0.3) is 0 Å². The average Bonchev–Trinajstić information content (AvgIpc) is 1.59. The Hall–Kier alpha value is -0.550. The van der Waals surface area contributed by atoms with Gasteiger partial charge in [-0.1, -0.05) is 0 Å². The van der Waals surface area contributed by atoms with Gasteiger partial charge >= 0.3 is 0 Å². The van der Waals surface area contributed by atoms with Gasteiger partial charge in [0.1, 0.15) is 0 Å². The van der Waals surface area contributed by atoms with E-state index in [0.29, 0.717) is 0 Å². The van der Waals surface area contributed by atoms with Crippen LogP contribution < -0.4 is 10.5 Å². The van der Waals surface area contributed by atoms with Crippen LogP contribution in [0, 0.1) is 0 Å². The molecule has 0 heterocycles. The zero-order valence-corrected chi connectivity index (χ0v) is 5.27. The molecule has 0 aliphatic carbocycles. The first-order valence-corrected chi connectivity index (χ1v) is 3.54. The second-order valence-electron chi connectivity index (χ2n) is 1.18. The molecule has 0 aromatic carbocycles. The fourth-order valence-corrected chi connectivity index (χ4v) is 0.489. The van der Waals surface area contributed by atoms with Crippen molar-refractivity contribution in [1.82, 2.24) is 5.32 Å². The monoisotopic (exact) mass is 136 g/mol. The molecule has 0 aliphatic rings. The van der Waals surface area contributed by atoms with Crippen molar-refractivity contribution in [3.05, 3.63) is 11.6 Å². The molecule has 5 heteroatoms. The van der Waals surface area contributed by atoms with E-state index in [-0.39, 0.29) is 0 Å². The summed E-state index contributed by atoms with van der Waals surface area (Å²) in [4.78, 5) is 0. The summed E-state index contributed by atoms with van der Waals surface area (Å²) >= 11 is 0. The molecule has 0 bridgehead atoms. The first kappa shape index (κ1) is 7.45. The van der Waals surface area contributed by atoms with E-state index in [1.807, 2.05) is 0 Å². The van der Waals surface area contributed by atoms with Crippen LogP contribution >= 0.6 is 0 Å². The van der Waals surface area contributed by atoms with Gasteiger partial charge in [-0.25, -0.2) is 13.6 Å². The van der Waals surface area contributed by atoms with Crippen LogP contribution in [0.5, 0.6) is 0 Å². The first-order chi connectivity index (χ1) is 3.56. The molecule has 0 rings (SSSR count). The molecule has 0 amide bonds. The van der Waals surface area contributed by atoms with Crippen LogP contribution in [-0.2, 0) is 10.0 Å². The number of nitrogens with one attached hydrogen (secondary N) is 1. The fraction of sp³-hybridized carbons (Fsp3) is 0.333. The van der Waals surface area contributed by atoms with E-state index < -0.39 is 10.0 Å². The maximum atomic E-state index is 10.0.